The molecular formula is C9H11N3O2S. The van der Waals surface area contributed by atoms with Gasteiger partial charge < -0.3 is 5.11 Å². The van der Waals surface area contributed by atoms with Gasteiger partial charge in [-0.15, -0.1) is 11.3 Å². The highest BCUT2D eigenvalue weighted by atomic mass is 32.1. The Kier molecular flexibility index (Phi) is 2.44. The number of aliphatic carboxylic acids is 1. The van der Waals surface area contributed by atoms with Gasteiger partial charge in [0.1, 0.15) is 0 Å². The van der Waals surface area contributed by atoms with Crippen molar-refractivity contribution in [2.75, 3.05) is 0 Å². The molecule has 0 aliphatic heterocycles. The van der Waals surface area contributed by atoms with Crippen LogP contribution in [0.5, 0.6) is 0 Å². The summed E-state index contributed by atoms with van der Waals surface area (Å²) >= 11 is 1.42. The lowest BCUT2D eigenvalue weighted by Gasteiger charge is -1.95. The van der Waals surface area contributed by atoms with Gasteiger partial charge in [0.05, 0.1) is 12.1 Å². The normalized spacial score (nSPS) is 11.4. The third-order valence-corrected chi connectivity index (χ3v) is 2.88. The number of rotatable bonds is 3. The molecule has 2 aromatic rings. The van der Waals surface area contributed by atoms with Crippen LogP contribution < -0.4 is 0 Å². The van der Waals surface area contributed by atoms with Crippen molar-refractivity contribution in [3.8, 4) is 0 Å². The molecule has 0 radical (unpaired) electrons. The fourth-order valence-electron chi connectivity index (χ4n) is 1.26. The molecule has 0 aromatic carbocycles. The molecule has 0 aliphatic rings. The smallest absolute Gasteiger partial charge is 0.309 e. The minimum absolute atomic E-state index is 0.0130. The second-order valence-electron chi connectivity index (χ2n) is 3.62. The first-order valence-corrected chi connectivity index (χ1v) is 5.50. The van der Waals surface area contributed by atoms with Crippen LogP contribution in [0.25, 0.3) is 4.96 Å². The average molecular weight is 225 g/mol. The van der Waals surface area contributed by atoms with E-state index in [1.807, 2.05) is 13.8 Å². The Morgan fingerprint density at radius 3 is 3.00 bits per heavy atom. The molecule has 0 saturated carbocycles. The Hall–Kier alpha value is -1.43. The van der Waals surface area contributed by atoms with E-state index in [0.717, 1.165) is 10.8 Å². The predicted molar refractivity (Wildman–Crippen MR) is 56.3 cm³/mol. The van der Waals surface area contributed by atoms with Gasteiger partial charge in [0.2, 0.25) is 4.96 Å². The maximum atomic E-state index is 10.6. The Balaban J connectivity index is 2.44. The summed E-state index contributed by atoms with van der Waals surface area (Å²) in [4.78, 5) is 15.7. The van der Waals surface area contributed by atoms with Gasteiger partial charge in [-0.3, -0.25) is 4.79 Å². The zero-order valence-corrected chi connectivity index (χ0v) is 9.28. The van der Waals surface area contributed by atoms with Crippen molar-refractivity contribution in [3.05, 3.63) is 16.9 Å². The van der Waals surface area contributed by atoms with Gasteiger partial charge >= 0.3 is 5.97 Å². The van der Waals surface area contributed by atoms with Crippen molar-refractivity contribution in [1.29, 1.82) is 0 Å². The lowest BCUT2D eigenvalue weighted by molar-refractivity contribution is -0.136. The van der Waals surface area contributed by atoms with Gasteiger partial charge in [-0.05, 0) is 0 Å². The number of hydrogen-bond acceptors (Lipinski definition) is 4. The van der Waals surface area contributed by atoms with Crippen LogP contribution >= 0.6 is 11.3 Å². The minimum atomic E-state index is -0.851. The van der Waals surface area contributed by atoms with Crippen molar-refractivity contribution in [3.63, 3.8) is 0 Å². The van der Waals surface area contributed by atoms with Crippen LogP contribution in [0.4, 0.5) is 0 Å². The van der Waals surface area contributed by atoms with E-state index in [9.17, 15) is 4.79 Å². The topological polar surface area (TPSA) is 67.5 Å². The van der Waals surface area contributed by atoms with Crippen molar-refractivity contribution < 1.29 is 9.90 Å². The molecule has 6 heteroatoms. The fraction of sp³-hybridized carbons (Fsp3) is 0.444. The summed E-state index contributed by atoms with van der Waals surface area (Å²) in [7, 11) is 0. The molecule has 5 nitrogen and oxygen atoms in total. The lowest BCUT2D eigenvalue weighted by atomic mass is 10.2. The number of thiazole rings is 1. The van der Waals surface area contributed by atoms with Crippen LogP contribution in [0.2, 0.25) is 0 Å². The molecule has 0 aliphatic carbocycles. The van der Waals surface area contributed by atoms with Gasteiger partial charge in [0, 0.05) is 11.3 Å². The predicted octanol–water partition coefficient (Wildman–Crippen LogP) is 1.54. The van der Waals surface area contributed by atoms with Crippen LogP contribution in [-0.2, 0) is 11.2 Å². The Bertz CT molecular complexity index is 500. The van der Waals surface area contributed by atoms with Crippen molar-refractivity contribution in [1.82, 2.24) is 14.6 Å². The molecule has 0 saturated heterocycles. The first kappa shape index (κ1) is 10.1. The van der Waals surface area contributed by atoms with Gasteiger partial charge in [0.25, 0.3) is 0 Å². The summed E-state index contributed by atoms with van der Waals surface area (Å²) in [5.41, 5.74) is 0.682. The number of hydrogen-bond donors (Lipinski definition) is 1. The number of carbonyl (C=O) groups is 1. The SMILES string of the molecule is CC(C)c1nc2scc(CC(=O)O)n2n1. The monoisotopic (exact) mass is 225 g/mol. The second kappa shape index (κ2) is 3.62. The van der Waals surface area contributed by atoms with E-state index in [1.165, 1.54) is 11.3 Å². The third-order valence-electron chi connectivity index (χ3n) is 2.02. The highest BCUT2D eigenvalue weighted by Crippen LogP contribution is 2.18. The third kappa shape index (κ3) is 1.85. The molecule has 0 bridgehead atoms. The zero-order chi connectivity index (χ0) is 11.0. The van der Waals surface area contributed by atoms with E-state index in [4.69, 9.17) is 5.11 Å². The van der Waals surface area contributed by atoms with E-state index in [2.05, 4.69) is 10.1 Å². The van der Waals surface area contributed by atoms with Gasteiger partial charge in [-0.25, -0.2) is 9.50 Å². The molecule has 0 atom stereocenters. The highest BCUT2D eigenvalue weighted by molar-refractivity contribution is 7.15. The second-order valence-corrected chi connectivity index (χ2v) is 4.45. The van der Waals surface area contributed by atoms with Gasteiger partial charge in [-0.2, -0.15) is 5.10 Å². The first-order chi connectivity index (χ1) is 7.08. The molecule has 2 rings (SSSR count). The summed E-state index contributed by atoms with van der Waals surface area (Å²) in [5.74, 6) is 0.166. The number of carboxylic acids is 1. The largest absolute Gasteiger partial charge is 0.481 e. The Morgan fingerprint density at radius 1 is 1.67 bits per heavy atom. The maximum absolute atomic E-state index is 10.6. The molecule has 1 N–H and O–H groups in total. The van der Waals surface area contributed by atoms with Crippen LogP contribution in [0.3, 0.4) is 0 Å². The molecule has 15 heavy (non-hydrogen) atoms. The summed E-state index contributed by atoms with van der Waals surface area (Å²) in [5, 5.41) is 14.8. The summed E-state index contributed by atoms with van der Waals surface area (Å²) in [6.45, 7) is 4.02. The Labute approximate surface area is 90.4 Å². The van der Waals surface area contributed by atoms with Gasteiger partial charge in [-0.1, -0.05) is 13.8 Å². The molecule has 0 fully saturated rings. The molecule has 80 valence electrons. The van der Waals surface area contributed by atoms with Crippen LogP contribution in [0.15, 0.2) is 5.38 Å². The van der Waals surface area contributed by atoms with Crippen LogP contribution in [-0.4, -0.2) is 25.7 Å². The number of fused-ring (bicyclic) bond motifs is 1. The number of carboxylic acid groups (broad SMARTS) is 1. The van der Waals surface area contributed by atoms with E-state index in [1.54, 1.807) is 9.90 Å². The van der Waals surface area contributed by atoms with Crippen LogP contribution in [0.1, 0.15) is 31.3 Å². The van der Waals surface area contributed by atoms with Crippen molar-refractivity contribution >= 4 is 22.3 Å². The lowest BCUT2D eigenvalue weighted by Crippen LogP contribution is -2.04. The van der Waals surface area contributed by atoms with Crippen molar-refractivity contribution in [2.45, 2.75) is 26.2 Å². The summed E-state index contributed by atoms with van der Waals surface area (Å²) in [6.07, 6.45) is -0.0130. The van der Waals surface area contributed by atoms with E-state index in [0.29, 0.717) is 5.69 Å². The fourth-order valence-corrected chi connectivity index (χ4v) is 2.09. The average Bonchev–Trinajstić information content (AvgIpc) is 2.66. The van der Waals surface area contributed by atoms with Crippen molar-refractivity contribution in [2.24, 2.45) is 0 Å². The summed E-state index contributed by atoms with van der Waals surface area (Å²) in [6, 6.07) is 0. The number of nitrogens with zero attached hydrogens (tertiary/aromatic N) is 3. The molecular weight excluding hydrogens is 214 g/mol. The zero-order valence-electron chi connectivity index (χ0n) is 8.47. The van der Waals surface area contributed by atoms with E-state index in [-0.39, 0.29) is 12.3 Å². The molecule has 0 amide bonds. The van der Waals surface area contributed by atoms with Gasteiger partial charge in [0.15, 0.2) is 5.82 Å². The molecule has 2 heterocycles. The minimum Gasteiger partial charge on any atom is -0.481 e. The standard InChI is InChI=1S/C9H11N3O2S/c1-5(2)8-10-9-12(11-8)6(4-15-9)3-7(13)14/h4-5H,3H2,1-2H3,(H,13,14). The summed E-state index contributed by atoms with van der Waals surface area (Å²) < 4.78 is 1.62. The first-order valence-electron chi connectivity index (χ1n) is 4.62. The van der Waals surface area contributed by atoms with Crippen LogP contribution in [0, 0.1) is 0 Å². The quantitative estimate of drug-likeness (QED) is 0.860. The van der Waals surface area contributed by atoms with E-state index >= 15 is 0 Å². The highest BCUT2D eigenvalue weighted by Gasteiger charge is 2.13. The number of aromatic nitrogens is 3. The molecule has 0 unspecified atom stereocenters. The molecule has 0 spiro atoms. The van der Waals surface area contributed by atoms with E-state index < -0.39 is 5.97 Å². The molecule has 2 aromatic heterocycles. The maximum Gasteiger partial charge on any atom is 0.309 e. The Morgan fingerprint density at radius 2 is 2.40 bits per heavy atom.